The number of nitrogens with one attached hydrogen (secondary N) is 1. The largest absolute Gasteiger partial charge is 0.383 e. The zero-order chi connectivity index (χ0) is 19.2. The molecule has 1 saturated heterocycles. The third-order valence-corrected chi connectivity index (χ3v) is 6.27. The maximum atomic E-state index is 12.4. The van der Waals surface area contributed by atoms with Crippen molar-refractivity contribution in [1.82, 2.24) is 4.90 Å². The standard InChI is InChI=1S/C17H20BrN3O4S/c1-25-8-7-21(16-6-9-26(23,24)12-16)11-13(10-19)17(22)20-15-4-2-14(18)3-5-15/h2-5,11,16H,6-9,12H2,1H3,(H,20,22)/b13-11-. The van der Waals surface area contributed by atoms with Crippen LogP contribution in [0.2, 0.25) is 0 Å². The Bertz CT molecular complexity index is 815. The number of benzene rings is 1. The minimum atomic E-state index is -3.08. The maximum Gasteiger partial charge on any atom is 0.267 e. The molecular weight excluding hydrogens is 422 g/mol. The zero-order valence-electron chi connectivity index (χ0n) is 14.3. The molecule has 1 N–H and O–H groups in total. The van der Waals surface area contributed by atoms with Gasteiger partial charge in [-0.2, -0.15) is 5.26 Å². The van der Waals surface area contributed by atoms with Crippen LogP contribution in [0.1, 0.15) is 6.42 Å². The van der Waals surface area contributed by atoms with Crippen molar-refractivity contribution in [1.29, 1.82) is 5.26 Å². The topological polar surface area (TPSA) is 99.5 Å². The maximum absolute atomic E-state index is 12.4. The van der Waals surface area contributed by atoms with Gasteiger partial charge in [-0.1, -0.05) is 15.9 Å². The van der Waals surface area contributed by atoms with E-state index in [0.717, 1.165) is 4.47 Å². The molecule has 1 fully saturated rings. The lowest BCUT2D eigenvalue weighted by Crippen LogP contribution is -2.35. The molecule has 0 spiro atoms. The van der Waals surface area contributed by atoms with Crippen LogP contribution in [-0.2, 0) is 19.4 Å². The Morgan fingerprint density at radius 2 is 2.15 bits per heavy atom. The molecule has 1 unspecified atom stereocenters. The molecule has 7 nitrogen and oxygen atoms in total. The second kappa shape index (κ2) is 9.16. The Kier molecular flexibility index (Phi) is 7.20. The summed E-state index contributed by atoms with van der Waals surface area (Å²) in [5, 5.41) is 12.0. The van der Waals surface area contributed by atoms with Crippen molar-refractivity contribution in [2.75, 3.05) is 37.1 Å². The molecule has 1 aliphatic heterocycles. The number of hydrogen-bond acceptors (Lipinski definition) is 6. The fourth-order valence-electron chi connectivity index (χ4n) is 2.62. The summed E-state index contributed by atoms with van der Waals surface area (Å²) in [6.45, 7) is 0.757. The number of carbonyl (C=O) groups excluding carboxylic acids is 1. The van der Waals surface area contributed by atoms with Gasteiger partial charge < -0.3 is 15.0 Å². The van der Waals surface area contributed by atoms with Crippen LogP contribution in [-0.4, -0.2) is 57.0 Å². The molecule has 140 valence electrons. The van der Waals surface area contributed by atoms with E-state index in [1.807, 2.05) is 6.07 Å². The summed E-state index contributed by atoms with van der Waals surface area (Å²) in [7, 11) is -1.54. The molecule has 1 atom stereocenters. The van der Waals surface area contributed by atoms with Gasteiger partial charge in [-0.3, -0.25) is 4.79 Å². The first-order chi connectivity index (χ1) is 12.3. The van der Waals surface area contributed by atoms with Gasteiger partial charge >= 0.3 is 0 Å². The average molecular weight is 442 g/mol. The number of methoxy groups -OCH3 is 1. The van der Waals surface area contributed by atoms with E-state index in [9.17, 15) is 18.5 Å². The van der Waals surface area contributed by atoms with Gasteiger partial charge in [-0.15, -0.1) is 0 Å². The smallest absolute Gasteiger partial charge is 0.267 e. The number of halogens is 1. The van der Waals surface area contributed by atoms with Crippen LogP contribution in [0.5, 0.6) is 0 Å². The van der Waals surface area contributed by atoms with E-state index in [1.165, 1.54) is 6.20 Å². The first kappa shape index (κ1) is 20.4. The zero-order valence-corrected chi connectivity index (χ0v) is 16.7. The minimum absolute atomic E-state index is 0.0141. The predicted octanol–water partition coefficient (Wildman–Crippen LogP) is 1.93. The molecule has 1 amide bonds. The molecule has 26 heavy (non-hydrogen) atoms. The lowest BCUT2D eigenvalue weighted by Gasteiger charge is -2.26. The van der Waals surface area contributed by atoms with E-state index >= 15 is 0 Å². The lowest BCUT2D eigenvalue weighted by atomic mass is 10.2. The second-order valence-corrected chi connectivity index (χ2v) is 9.05. The molecule has 1 heterocycles. The highest BCUT2D eigenvalue weighted by atomic mass is 79.9. The van der Waals surface area contributed by atoms with Gasteiger partial charge in [0, 0.05) is 36.1 Å². The van der Waals surface area contributed by atoms with E-state index in [0.29, 0.717) is 25.3 Å². The van der Waals surface area contributed by atoms with Gasteiger partial charge in [0.05, 0.1) is 18.1 Å². The van der Waals surface area contributed by atoms with E-state index < -0.39 is 15.7 Å². The van der Waals surface area contributed by atoms with Gasteiger partial charge in [0.1, 0.15) is 11.6 Å². The van der Waals surface area contributed by atoms with Crippen molar-refractivity contribution < 1.29 is 17.9 Å². The van der Waals surface area contributed by atoms with Crippen LogP contribution in [0, 0.1) is 11.3 Å². The van der Waals surface area contributed by atoms with Crippen LogP contribution in [0.25, 0.3) is 0 Å². The van der Waals surface area contributed by atoms with Gasteiger partial charge in [-0.05, 0) is 30.7 Å². The van der Waals surface area contributed by atoms with Crippen molar-refractivity contribution >= 4 is 37.4 Å². The fraction of sp³-hybridized carbons (Fsp3) is 0.412. The normalized spacial score (nSPS) is 19.0. The molecular formula is C17H20BrN3O4S. The van der Waals surface area contributed by atoms with Gasteiger partial charge in [0.15, 0.2) is 9.84 Å². The van der Waals surface area contributed by atoms with Gasteiger partial charge in [-0.25, -0.2) is 8.42 Å². The third kappa shape index (κ3) is 5.83. The number of anilines is 1. The average Bonchev–Trinajstić information content (AvgIpc) is 2.97. The number of nitrogens with zero attached hydrogens (tertiary/aromatic N) is 2. The monoisotopic (exact) mass is 441 g/mol. The van der Waals surface area contributed by atoms with E-state index in [-0.39, 0.29) is 23.1 Å². The molecule has 0 bridgehead atoms. The van der Waals surface area contributed by atoms with E-state index in [2.05, 4.69) is 21.2 Å². The fourth-order valence-corrected chi connectivity index (χ4v) is 4.63. The molecule has 0 radical (unpaired) electrons. The molecule has 0 saturated carbocycles. The molecule has 2 rings (SSSR count). The molecule has 0 aliphatic carbocycles. The number of carbonyl (C=O) groups is 1. The number of nitriles is 1. The van der Waals surface area contributed by atoms with E-state index in [4.69, 9.17) is 4.74 Å². The summed E-state index contributed by atoms with van der Waals surface area (Å²) in [6, 6.07) is 8.61. The Morgan fingerprint density at radius 1 is 1.46 bits per heavy atom. The van der Waals surface area contributed by atoms with Gasteiger partial charge in [0.25, 0.3) is 5.91 Å². The number of amides is 1. The van der Waals surface area contributed by atoms with Crippen molar-refractivity contribution in [3.63, 3.8) is 0 Å². The first-order valence-electron chi connectivity index (χ1n) is 7.98. The highest BCUT2D eigenvalue weighted by Gasteiger charge is 2.31. The number of hydrogen-bond donors (Lipinski definition) is 1. The highest BCUT2D eigenvalue weighted by Crippen LogP contribution is 2.19. The summed E-state index contributed by atoms with van der Waals surface area (Å²) >= 11 is 3.31. The van der Waals surface area contributed by atoms with Crippen molar-refractivity contribution in [2.24, 2.45) is 0 Å². The lowest BCUT2D eigenvalue weighted by molar-refractivity contribution is -0.112. The Labute approximate surface area is 161 Å². The van der Waals surface area contributed by atoms with Crippen molar-refractivity contribution in [3.05, 3.63) is 40.5 Å². The SMILES string of the molecule is COCCN(/C=C(/C#N)C(=O)Nc1ccc(Br)cc1)C1CCS(=O)(=O)C1. The first-order valence-corrected chi connectivity index (χ1v) is 10.6. The van der Waals surface area contributed by atoms with Crippen LogP contribution >= 0.6 is 15.9 Å². The second-order valence-electron chi connectivity index (χ2n) is 5.90. The van der Waals surface area contributed by atoms with E-state index in [1.54, 1.807) is 36.3 Å². The summed E-state index contributed by atoms with van der Waals surface area (Å²) in [4.78, 5) is 14.1. The molecule has 1 aromatic carbocycles. The summed E-state index contributed by atoms with van der Waals surface area (Å²) in [5.41, 5.74) is 0.472. The number of rotatable bonds is 7. The Hall–Kier alpha value is -1.89. The van der Waals surface area contributed by atoms with Crippen molar-refractivity contribution in [2.45, 2.75) is 12.5 Å². The summed E-state index contributed by atoms with van der Waals surface area (Å²) in [6.07, 6.45) is 1.90. The highest BCUT2D eigenvalue weighted by molar-refractivity contribution is 9.10. The Morgan fingerprint density at radius 3 is 2.69 bits per heavy atom. The summed E-state index contributed by atoms with van der Waals surface area (Å²) in [5.74, 6) is -0.416. The van der Waals surface area contributed by atoms with Crippen molar-refractivity contribution in [3.8, 4) is 6.07 Å². The number of ether oxygens (including phenoxy) is 1. The number of sulfone groups is 1. The van der Waals surface area contributed by atoms with Crippen LogP contribution in [0.3, 0.4) is 0 Å². The third-order valence-electron chi connectivity index (χ3n) is 3.99. The molecule has 1 aliphatic rings. The molecule has 0 aromatic heterocycles. The van der Waals surface area contributed by atoms with Gasteiger partial charge in [0.2, 0.25) is 0 Å². The van der Waals surface area contributed by atoms with Crippen LogP contribution in [0.4, 0.5) is 5.69 Å². The minimum Gasteiger partial charge on any atom is -0.383 e. The van der Waals surface area contributed by atoms with Crippen LogP contribution in [0.15, 0.2) is 40.5 Å². The summed E-state index contributed by atoms with van der Waals surface area (Å²) < 4.78 is 29.4. The predicted molar refractivity (Wildman–Crippen MR) is 102 cm³/mol. The van der Waals surface area contributed by atoms with Crippen LogP contribution < -0.4 is 5.32 Å². The molecule has 1 aromatic rings. The Balaban J connectivity index is 2.16. The quantitative estimate of drug-likeness (QED) is 0.512. The molecule has 9 heteroatoms.